The first-order chi connectivity index (χ1) is 20.2. The summed E-state index contributed by atoms with van der Waals surface area (Å²) in [5.41, 5.74) is -2.63. The SMILES string of the molecule is CCO[C@@]1(C)C[C@@H](C)C(=O)[C@@H](C)[C@H]2NC(=O)O[C@]2(C)[C@H](C)OC(=O)[C@@](C)(Br)C(=O)[C@H](C)[C@H]1O[C@@H]1O[C@H](C)C[C@H](N(C)C)[C@H]1O. The lowest BCUT2D eigenvalue weighted by Gasteiger charge is -2.47. The number of halogens is 1. The lowest BCUT2D eigenvalue weighted by atomic mass is 9.74. The maximum atomic E-state index is 14.2. The minimum absolute atomic E-state index is 0.138. The summed E-state index contributed by atoms with van der Waals surface area (Å²) in [4.78, 5) is 56.2. The molecule has 3 saturated heterocycles. The molecule has 0 unspecified atom stereocenters. The Kier molecular flexibility index (Phi) is 11.4. The van der Waals surface area contributed by atoms with Gasteiger partial charge in [0.1, 0.15) is 18.0 Å². The summed E-state index contributed by atoms with van der Waals surface area (Å²) < 4.78 is 28.5. The third-order valence-electron chi connectivity index (χ3n) is 9.79. The third-order valence-corrected chi connectivity index (χ3v) is 10.5. The molecule has 1 amide bonds. The maximum absolute atomic E-state index is 14.2. The van der Waals surface area contributed by atoms with Crippen LogP contribution in [0.5, 0.6) is 0 Å². The molecule has 0 spiro atoms. The van der Waals surface area contributed by atoms with Crippen LogP contribution >= 0.6 is 15.9 Å². The Morgan fingerprint density at radius 2 is 1.66 bits per heavy atom. The van der Waals surface area contributed by atoms with Crippen molar-refractivity contribution in [2.45, 2.75) is 133 Å². The van der Waals surface area contributed by atoms with Crippen LogP contribution in [0.3, 0.4) is 0 Å². The lowest BCUT2D eigenvalue weighted by molar-refractivity contribution is -0.297. The van der Waals surface area contributed by atoms with Crippen LogP contribution in [0.2, 0.25) is 0 Å². The van der Waals surface area contributed by atoms with Gasteiger partial charge in [-0.3, -0.25) is 14.4 Å². The monoisotopic (exact) mass is 690 g/mol. The van der Waals surface area contributed by atoms with Crippen LogP contribution in [0.4, 0.5) is 4.79 Å². The second-order valence-corrected chi connectivity index (χ2v) is 15.2. The molecule has 0 aliphatic carbocycles. The normalized spacial score (nSPS) is 46.1. The number of likely N-dealkylation sites (N-methyl/N-ethyl adjacent to an activating group) is 1. The van der Waals surface area contributed by atoms with Crippen LogP contribution in [0.25, 0.3) is 0 Å². The number of ketones is 2. The van der Waals surface area contributed by atoms with E-state index in [-0.39, 0.29) is 31.0 Å². The lowest BCUT2D eigenvalue weighted by Crippen LogP contribution is -2.61. The predicted molar refractivity (Wildman–Crippen MR) is 164 cm³/mol. The van der Waals surface area contributed by atoms with E-state index in [9.17, 15) is 24.3 Å². The molecule has 0 saturated carbocycles. The van der Waals surface area contributed by atoms with Crippen molar-refractivity contribution >= 4 is 39.6 Å². The molecule has 0 aromatic heterocycles. The number of rotatable bonds is 5. The zero-order valence-electron chi connectivity index (χ0n) is 27.8. The number of hydrogen-bond donors (Lipinski definition) is 2. The van der Waals surface area contributed by atoms with E-state index in [1.807, 2.05) is 25.9 Å². The Hall–Kier alpha value is -1.64. The van der Waals surface area contributed by atoms with E-state index in [4.69, 9.17) is 23.7 Å². The number of nitrogens with one attached hydrogen (secondary N) is 1. The summed E-state index contributed by atoms with van der Waals surface area (Å²) in [5.74, 6) is -3.95. The molecule has 3 heterocycles. The van der Waals surface area contributed by atoms with Gasteiger partial charge in [0.15, 0.2) is 22.0 Å². The quantitative estimate of drug-likeness (QED) is 0.249. The molecule has 0 bridgehead atoms. The summed E-state index contributed by atoms with van der Waals surface area (Å²) in [6.45, 7) is 15.4. The molecule has 0 aromatic carbocycles. The van der Waals surface area contributed by atoms with E-state index in [1.165, 1.54) is 6.92 Å². The molecule has 3 aliphatic heterocycles. The van der Waals surface area contributed by atoms with E-state index >= 15 is 0 Å². The number of alkyl carbamates (subject to hydrolysis) is 1. The standard InChI is InChI=1S/C31H51BrN2O10/c1-12-40-29(7)14-15(2)21(35)17(4)23-31(9,44-28(39)33-23)19(6)42-27(38)30(8,32)24(37)18(5)25(29)43-26-22(36)20(34(10)11)13-16(3)41-26/h15-20,22-23,25-26,36H,12-14H2,1-11H3,(H,33,39)/t15-,16-,17-,18+,19+,20+,22-,23-,25-,26+,29+,30+,31-/m1/s1. The van der Waals surface area contributed by atoms with Crippen LogP contribution < -0.4 is 5.32 Å². The predicted octanol–water partition coefficient (Wildman–Crippen LogP) is 3.00. The molecule has 3 rings (SSSR count). The summed E-state index contributed by atoms with van der Waals surface area (Å²) in [6.07, 6.45) is -4.51. The third kappa shape index (κ3) is 7.02. The van der Waals surface area contributed by atoms with E-state index in [0.29, 0.717) is 6.42 Å². The minimum atomic E-state index is -1.82. The minimum Gasteiger partial charge on any atom is -0.457 e. The van der Waals surface area contributed by atoms with Crippen molar-refractivity contribution in [2.75, 3.05) is 20.7 Å². The largest absolute Gasteiger partial charge is 0.457 e. The molecule has 13 atom stereocenters. The van der Waals surface area contributed by atoms with Crippen molar-refractivity contribution in [2.24, 2.45) is 17.8 Å². The number of amides is 1. The van der Waals surface area contributed by atoms with Crippen molar-refractivity contribution in [1.82, 2.24) is 10.2 Å². The Labute approximate surface area is 269 Å². The second kappa shape index (κ2) is 13.6. The van der Waals surface area contributed by atoms with Gasteiger partial charge in [-0.25, -0.2) is 4.79 Å². The Morgan fingerprint density at radius 1 is 1.05 bits per heavy atom. The summed E-state index contributed by atoms with van der Waals surface area (Å²) in [5, 5.41) is 14.0. The smallest absolute Gasteiger partial charge is 0.408 e. The van der Waals surface area contributed by atoms with Crippen LogP contribution in [0.1, 0.15) is 75.2 Å². The average molecular weight is 692 g/mol. The number of ether oxygens (including phenoxy) is 5. The number of Topliss-reactive ketones (excluding diaryl/α,β-unsaturated/α-hetero) is 2. The molecule has 13 heteroatoms. The molecule has 0 aromatic rings. The van der Waals surface area contributed by atoms with Crippen LogP contribution in [-0.4, -0.2) is 113 Å². The fraction of sp³-hybridized carbons (Fsp3) is 0.871. The van der Waals surface area contributed by atoms with Gasteiger partial charge in [0.05, 0.1) is 23.9 Å². The van der Waals surface area contributed by atoms with Crippen molar-refractivity contribution in [3.05, 3.63) is 0 Å². The summed E-state index contributed by atoms with van der Waals surface area (Å²) >= 11 is 3.35. The van der Waals surface area contributed by atoms with Gasteiger partial charge >= 0.3 is 12.1 Å². The average Bonchev–Trinajstić information content (AvgIpc) is 3.25. The Balaban J connectivity index is 2.14. The van der Waals surface area contributed by atoms with E-state index in [2.05, 4.69) is 21.2 Å². The van der Waals surface area contributed by atoms with Crippen LogP contribution in [-0.2, 0) is 38.1 Å². The van der Waals surface area contributed by atoms with Crippen molar-refractivity contribution in [1.29, 1.82) is 0 Å². The van der Waals surface area contributed by atoms with Gasteiger partial charge in [-0.2, -0.15) is 0 Å². The number of esters is 1. The van der Waals surface area contributed by atoms with Crippen LogP contribution in [0, 0.1) is 17.8 Å². The van der Waals surface area contributed by atoms with Gasteiger partial charge in [-0.15, -0.1) is 0 Å². The number of cyclic esters (lactones) is 1. The van der Waals surface area contributed by atoms with Crippen molar-refractivity contribution < 1.29 is 48.0 Å². The van der Waals surface area contributed by atoms with E-state index in [0.717, 1.165) is 0 Å². The number of aliphatic hydroxyl groups excluding tert-OH is 1. The fourth-order valence-electron chi connectivity index (χ4n) is 7.07. The van der Waals surface area contributed by atoms with Gasteiger partial charge in [-0.05, 0) is 68.5 Å². The Morgan fingerprint density at radius 3 is 2.23 bits per heavy atom. The van der Waals surface area contributed by atoms with Gasteiger partial charge in [0, 0.05) is 30.4 Å². The highest BCUT2D eigenvalue weighted by molar-refractivity contribution is 9.10. The second-order valence-electron chi connectivity index (χ2n) is 13.6. The number of aliphatic hydroxyl groups is 1. The highest BCUT2D eigenvalue weighted by Gasteiger charge is 2.58. The number of hydrogen-bond acceptors (Lipinski definition) is 11. The molecule has 3 fully saturated rings. The molecule has 44 heavy (non-hydrogen) atoms. The van der Waals surface area contributed by atoms with Crippen LogP contribution in [0.15, 0.2) is 0 Å². The van der Waals surface area contributed by atoms with E-state index in [1.54, 1.807) is 48.5 Å². The number of carbonyl (C=O) groups excluding carboxylic acids is 4. The van der Waals surface area contributed by atoms with Crippen molar-refractivity contribution in [3.63, 3.8) is 0 Å². The number of alkyl halides is 1. The highest BCUT2D eigenvalue weighted by atomic mass is 79.9. The molecule has 252 valence electrons. The highest BCUT2D eigenvalue weighted by Crippen LogP contribution is 2.41. The molecular formula is C31H51BrN2O10. The van der Waals surface area contributed by atoms with Crippen molar-refractivity contribution in [3.8, 4) is 0 Å². The maximum Gasteiger partial charge on any atom is 0.408 e. The number of carbonyl (C=O) groups is 4. The first-order valence-electron chi connectivity index (χ1n) is 15.5. The molecular weight excluding hydrogens is 640 g/mol. The Bertz CT molecular complexity index is 1100. The first-order valence-corrected chi connectivity index (χ1v) is 16.3. The van der Waals surface area contributed by atoms with Gasteiger partial charge in [0.25, 0.3) is 0 Å². The zero-order valence-corrected chi connectivity index (χ0v) is 29.4. The number of nitrogens with zero attached hydrogens (tertiary/aromatic N) is 1. The fourth-order valence-corrected chi connectivity index (χ4v) is 7.53. The molecule has 0 radical (unpaired) electrons. The van der Waals surface area contributed by atoms with Gasteiger partial charge in [0.2, 0.25) is 0 Å². The molecule has 2 N–H and O–H groups in total. The first kappa shape index (κ1) is 36.8. The van der Waals surface area contributed by atoms with Gasteiger partial charge in [-0.1, -0.05) is 36.7 Å². The summed E-state index contributed by atoms with van der Waals surface area (Å²) in [6, 6.07) is -1.09. The zero-order chi connectivity index (χ0) is 33.5. The van der Waals surface area contributed by atoms with Gasteiger partial charge < -0.3 is 39.0 Å². The topological polar surface area (TPSA) is 150 Å². The molecule has 12 nitrogen and oxygen atoms in total. The summed E-state index contributed by atoms with van der Waals surface area (Å²) in [7, 11) is 3.72. The van der Waals surface area contributed by atoms with E-state index < -0.39 is 81.8 Å². The molecule has 3 aliphatic rings. The number of fused-ring (bicyclic) bond motifs is 1.